The number of nitrogens with one attached hydrogen (secondary N) is 1. The van der Waals surface area contributed by atoms with E-state index in [9.17, 15) is 8.42 Å². The van der Waals surface area contributed by atoms with Crippen LogP contribution in [0.25, 0.3) is 0 Å². The van der Waals surface area contributed by atoms with Gasteiger partial charge in [-0.05, 0) is 35.8 Å². The zero-order valence-electron chi connectivity index (χ0n) is 12.4. The van der Waals surface area contributed by atoms with Crippen LogP contribution in [-0.4, -0.2) is 31.9 Å². The van der Waals surface area contributed by atoms with Crippen molar-refractivity contribution in [3.05, 3.63) is 16.5 Å². The fourth-order valence-corrected chi connectivity index (χ4v) is 4.63. The van der Waals surface area contributed by atoms with Crippen LogP contribution in [0.15, 0.2) is 20.0 Å². The van der Waals surface area contributed by atoms with Crippen LogP contribution in [0, 0.1) is 0 Å². The van der Waals surface area contributed by atoms with Gasteiger partial charge >= 0.3 is 0 Å². The van der Waals surface area contributed by atoms with E-state index in [-0.39, 0.29) is 15.6 Å². The summed E-state index contributed by atoms with van der Waals surface area (Å²) in [5.41, 5.74) is 0. The first kappa shape index (κ1) is 17.7. The molecule has 1 aromatic heterocycles. The van der Waals surface area contributed by atoms with Gasteiger partial charge in [0.15, 0.2) is 4.67 Å². The molecule has 1 unspecified atom stereocenters. The molecule has 0 fully saturated rings. The molecule has 0 amide bonds. The number of nitrogens with zero attached hydrogens (tertiary/aromatic N) is 1. The molecule has 1 N–H and O–H groups in total. The summed E-state index contributed by atoms with van der Waals surface area (Å²) < 4.78 is 32.6. The second-order valence-corrected chi connectivity index (χ2v) is 7.18. The third-order valence-electron chi connectivity index (χ3n) is 3.24. The van der Waals surface area contributed by atoms with Gasteiger partial charge in [0.1, 0.15) is 10.7 Å². The lowest BCUT2D eigenvalue weighted by molar-refractivity contribution is 0.341. The van der Waals surface area contributed by atoms with Crippen molar-refractivity contribution in [2.45, 2.75) is 51.6 Å². The Morgan fingerprint density at radius 3 is 2.55 bits per heavy atom. The molecular weight excluding hydrogens is 344 g/mol. The minimum atomic E-state index is -3.53. The summed E-state index contributed by atoms with van der Waals surface area (Å²) in [7, 11) is -3.53. The van der Waals surface area contributed by atoms with Crippen LogP contribution >= 0.6 is 15.9 Å². The van der Waals surface area contributed by atoms with Crippen molar-refractivity contribution in [1.29, 1.82) is 0 Å². The second kappa shape index (κ2) is 7.59. The Labute approximate surface area is 129 Å². The summed E-state index contributed by atoms with van der Waals surface area (Å²) >= 11 is 3.21. The van der Waals surface area contributed by atoms with E-state index in [4.69, 9.17) is 4.42 Å². The first-order chi connectivity index (χ1) is 9.38. The number of sulfonamides is 1. The highest BCUT2D eigenvalue weighted by Crippen LogP contribution is 2.30. The predicted octanol–water partition coefficient (Wildman–Crippen LogP) is 2.96. The number of rotatable bonds is 8. The Kier molecular flexibility index (Phi) is 6.71. The maximum atomic E-state index is 12.7. The van der Waals surface area contributed by atoms with Gasteiger partial charge in [-0.3, -0.25) is 0 Å². The Balaban J connectivity index is 3.11. The van der Waals surface area contributed by atoms with Gasteiger partial charge in [-0.25, -0.2) is 8.42 Å². The number of hydrogen-bond acceptors (Lipinski definition) is 4. The molecule has 0 aliphatic carbocycles. The summed E-state index contributed by atoms with van der Waals surface area (Å²) in [6, 6.07) is 1.55. The topological polar surface area (TPSA) is 62.6 Å². The smallest absolute Gasteiger partial charge is 0.247 e. The van der Waals surface area contributed by atoms with Crippen molar-refractivity contribution < 1.29 is 12.8 Å². The van der Waals surface area contributed by atoms with Crippen LogP contribution in [0.1, 0.15) is 39.9 Å². The average molecular weight is 367 g/mol. The lowest BCUT2D eigenvalue weighted by Crippen LogP contribution is -2.38. The van der Waals surface area contributed by atoms with E-state index >= 15 is 0 Å². The molecule has 1 heterocycles. The highest BCUT2D eigenvalue weighted by molar-refractivity contribution is 9.10. The minimum Gasteiger partial charge on any atom is -0.452 e. The quantitative estimate of drug-likeness (QED) is 0.767. The monoisotopic (exact) mass is 366 g/mol. The summed E-state index contributed by atoms with van der Waals surface area (Å²) in [5.74, 6) is 0.609. The van der Waals surface area contributed by atoms with Crippen LogP contribution in [0.4, 0.5) is 0 Å². The lowest BCUT2D eigenvalue weighted by atomic mass is 10.3. The third-order valence-corrected chi connectivity index (χ3v) is 6.18. The number of hydrogen-bond donors (Lipinski definition) is 1. The van der Waals surface area contributed by atoms with Gasteiger partial charge in [0.2, 0.25) is 10.0 Å². The average Bonchev–Trinajstić information content (AvgIpc) is 2.78. The van der Waals surface area contributed by atoms with E-state index in [0.717, 1.165) is 13.0 Å². The first-order valence-corrected chi connectivity index (χ1v) is 9.12. The fourth-order valence-electron chi connectivity index (χ4n) is 1.96. The first-order valence-electron chi connectivity index (χ1n) is 6.89. The molecule has 7 heteroatoms. The van der Waals surface area contributed by atoms with Gasteiger partial charge in [-0.2, -0.15) is 4.31 Å². The Morgan fingerprint density at radius 1 is 1.40 bits per heavy atom. The van der Waals surface area contributed by atoms with E-state index in [1.54, 1.807) is 6.07 Å². The molecular formula is C13H23BrN2O3S. The number of halogens is 1. The molecule has 0 saturated carbocycles. The van der Waals surface area contributed by atoms with Crippen LogP contribution in [0.5, 0.6) is 0 Å². The van der Waals surface area contributed by atoms with Crippen molar-refractivity contribution in [2.24, 2.45) is 0 Å². The standard InChI is InChI=1S/C13H23BrN2O3S/c1-5-10(4)16(7-3)20(17,18)12-8-11(9-15-6-2)19-13(12)14/h8,10,15H,5-7,9H2,1-4H3. The van der Waals surface area contributed by atoms with Crippen molar-refractivity contribution in [3.63, 3.8) is 0 Å². The molecule has 5 nitrogen and oxygen atoms in total. The molecule has 116 valence electrons. The lowest BCUT2D eigenvalue weighted by Gasteiger charge is -2.25. The zero-order chi connectivity index (χ0) is 15.3. The highest BCUT2D eigenvalue weighted by Gasteiger charge is 2.31. The summed E-state index contributed by atoms with van der Waals surface area (Å²) in [5, 5.41) is 3.11. The second-order valence-electron chi connectivity index (χ2n) is 4.60. The highest BCUT2D eigenvalue weighted by atomic mass is 79.9. The van der Waals surface area contributed by atoms with Crippen molar-refractivity contribution in [2.75, 3.05) is 13.1 Å². The van der Waals surface area contributed by atoms with Crippen molar-refractivity contribution >= 4 is 26.0 Å². The van der Waals surface area contributed by atoms with Gasteiger partial charge in [0.25, 0.3) is 0 Å². The Morgan fingerprint density at radius 2 is 2.05 bits per heavy atom. The molecule has 0 aliphatic heterocycles. The number of furan rings is 1. The van der Waals surface area contributed by atoms with E-state index < -0.39 is 10.0 Å². The Bertz CT molecular complexity index is 528. The molecule has 0 spiro atoms. The van der Waals surface area contributed by atoms with E-state index in [0.29, 0.717) is 18.8 Å². The van der Waals surface area contributed by atoms with E-state index in [2.05, 4.69) is 21.2 Å². The van der Waals surface area contributed by atoms with Gasteiger partial charge in [-0.1, -0.05) is 20.8 Å². The predicted molar refractivity (Wildman–Crippen MR) is 83.1 cm³/mol. The fraction of sp³-hybridized carbons (Fsp3) is 0.692. The summed E-state index contributed by atoms with van der Waals surface area (Å²) in [6.07, 6.45) is 0.771. The van der Waals surface area contributed by atoms with Crippen LogP contribution < -0.4 is 5.32 Å². The Hall–Kier alpha value is -0.370. The molecule has 0 aromatic carbocycles. The SMILES string of the molecule is CCNCc1cc(S(=O)(=O)N(CC)C(C)CC)c(Br)o1. The van der Waals surface area contributed by atoms with Gasteiger partial charge in [0, 0.05) is 18.7 Å². The summed E-state index contributed by atoms with van der Waals surface area (Å²) in [4.78, 5) is 0.201. The summed E-state index contributed by atoms with van der Waals surface area (Å²) in [6.45, 7) is 9.47. The zero-order valence-corrected chi connectivity index (χ0v) is 14.8. The minimum absolute atomic E-state index is 0.0379. The maximum absolute atomic E-state index is 12.7. The molecule has 0 saturated heterocycles. The molecule has 0 radical (unpaired) electrons. The van der Waals surface area contributed by atoms with Crippen molar-refractivity contribution in [1.82, 2.24) is 9.62 Å². The molecule has 1 aromatic rings. The molecule has 0 aliphatic rings. The normalized spacial score (nSPS) is 13.9. The van der Waals surface area contributed by atoms with Gasteiger partial charge in [-0.15, -0.1) is 0 Å². The molecule has 20 heavy (non-hydrogen) atoms. The molecule has 1 rings (SSSR count). The van der Waals surface area contributed by atoms with Gasteiger partial charge in [0.05, 0.1) is 6.54 Å². The van der Waals surface area contributed by atoms with Crippen molar-refractivity contribution in [3.8, 4) is 0 Å². The van der Waals surface area contributed by atoms with E-state index in [1.807, 2.05) is 27.7 Å². The maximum Gasteiger partial charge on any atom is 0.247 e. The van der Waals surface area contributed by atoms with E-state index in [1.165, 1.54) is 4.31 Å². The van der Waals surface area contributed by atoms with Crippen LogP contribution in [0.3, 0.4) is 0 Å². The van der Waals surface area contributed by atoms with Gasteiger partial charge < -0.3 is 9.73 Å². The molecule has 1 atom stereocenters. The largest absolute Gasteiger partial charge is 0.452 e. The third kappa shape index (κ3) is 3.84. The van der Waals surface area contributed by atoms with Crippen LogP contribution in [0.2, 0.25) is 0 Å². The van der Waals surface area contributed by atoms with Crippen LogP contribution in [-0.2, 0) is 16.6 Å². The molecule has 0 bridgehead atoms.